The van der Waals surface area contributed by atoms with E-state index in [-0.39, 0.29) is 29.1 Å². The lowest BCUT2D eigenvalue weighted by Crippen LogP contribution is -2.53. The van der Waals surface area contributed by atoms with Crippen LogP contribution in [0.2, 0.25) is 0 Å². The van der Waals surface area contributed by atoms with Crippen LogP contribution in [0.5, 0.6) is 0 Å². The molecule has 10 heteroatoms. The van der Waals surface area contributed by atoms with Gasteiger partial charge in [-0.15, -0.1) is 0 Å². The second-order valence-electron chi connectivity index (χ2n) is 9.89. The molecule has 4 aromatic carbocycles. The number of para-hydroxylation sites is 1. The van der Waals surface area contributed by atoms with Crippen LogP contribution in [0.3, 0.4) is 0 Å². The summed E-state index contributed by atoms with van der Waals surface area (Å²) in [7, 11) is -4.43. The molecule has 0 spiro atoms. The Balaban J connectivity index is 1.81. The molecule has 1 atom stereocenters. The smallest absolute Gasteiger partial charge is 0.264 e. The van der Waals surface area contributed by atoms with Crippen LogP contribution < -0.4 is 9.62 Å². The molecule has 4 aromatic rings. The maximum atomic E-state index is 15.1. The van der Waals surface area contributed by atoms with Crippen molar-refractivity contribution in [1.82, 2.24) is 10.2 Å². The van der Waals surface area contributed by atoms with E-state index in [1.807, 2.05) is 13.0 Å². The largest absolute Gasteiger partial charge is 0.354 e. The number of anilines is 1. The molecule has 0 bridgehead atoms. The summed E-state index contributed by atoms with van der Waals surface area (Å²) in [5.41, 5.74) is 0.550. The van der Waals surface area contributed by atoms with E-state index < -0.39 is 46.1 Å². The number of nitrogens with zero attached hydrogens (tertiary/aromatic N) is 2. The maximum Gasteiger partial charge on any atom is 0.264 e. The molecule has 0 fully saturated rings. The van der Waals surface area contributed by atoms with Gasteiger partial charge in [0.1, 0.15) is 24.2 Å². The van der Waals surface area contributed by atoms with E-state index in [0.717, 1.165) is 11.6 Å². The molecule has 1 N–H and O–H groups in total. The first-order valence-corrected chi connectivity index (χ1v) is 15.3. The standard InChI is InChI=1S/C33H33F2N3O4S/c1-2-21-36-33(40)31(22-25-13-5-3-6-14-25)37(23-26-15-9-10-18-28(26)34)32(39)24-38(30-20-12-11-19-29(30)35)43(41,42)27-16-7-4-8-17-27/h3-20,31H,2,21-24H2,1H3,(H,36,40)/t31-/m1/s1. The number of carbonyl (C=O) groups excluding carboxylic acids is 2. The minimum Gasteiger partial charge on any atom is -0.354 e. The highest BCUT2D eigenvalue weighted by Crippen LogP contribution is 2.27. The van der Waals surface area contributed by atoms with Crippen LogP contribution in [0.1, 0.15) is 24.5 Å². The summed E-state index contributed by atoms with van der Waals surface area (Å²) in [5, 5.41) is 2.82. The fourth-order valence-corrected chi connectivity index (χ4v) is 6.06. The second kappa shape index (κ2) is 14.6. The summed E-state index contributed by atoms with van der Waals surface area (Å²) in [6.07, 6.45) is 0.725. The van der Waals surface area contributed by atoms with Crippen LogP contribution in [0.15, 0.2) is 114 Å². The lowest BCUT2D eigenvalue weighted by molar-refractivity contribution is -0.140. The highest BCUT2D eigenvalue weighted by Gasteiger charge is 2.35. The van der Waals surface area contributed by atoms with Gasteiger partial charge in [-0.2, -0.15) is 0 Å². The fraction of sp³-hybridized carbons (Fsp3) is 0.212. The van der Waals surface area contributed by atoms with E-state index in [1.165, 1.54) is 65.6 Å². The van der Waals surface area contributed by atoms with E-state index in [1.54, 1.807) is 36.4 Å². The lowest BCUT2D eigenvalue weighted by Gasteiger charge is -2.34. The molecule has 0 saturated carbocycles. The van der Waals surface area contributed by atoms with Crippen LogP contribution >= 0.6 is 0 Å². The Kier molecular flexibility index (Phi) is 10.6. The number of nitrogens with one attached hydrogen (secondary N) is 1. The van der Waals surface area contributed by atoms with Gasteiger partial charge in [0, 0.05) is 25.1 Å². The van der Waals surface area contributed by atoms with E-state index >= 15 is 4.39 Å². The quantitative estimate of drug-likeness (QED) is 0.223. The summed E-state index contributed by atoms with van der Waals surface area (Å²) in [6, 6.07) is 26.4. The number of hydrogen-bond donors (Lipinski definition) is 1. The Morgan fingerprint density at radius 2 is 1.37 bits per heavy atom. The zero-order valence-electron chi connectivity index (χ0n) is 23.7. The Bertz CT molecular complexity index is 1640. The summed E-state index contributed by atoms with van der Waals surface area (Å²) < 4.78 is 58.4. The highest BCUT2D eigenvalue weighted by molar-refractivity contribution is 7.92. The van der Waals surface area contributed by atoms with Gasteiger partial charge in [-0.1, -0.05) is 85.8 Å². The van der Waals surface area contributed by atoms with Gasteiger partial charge in [-0.3, -0.25) is 13.9 Å². The first-order chi connectivity index (χ1) is 20.7. The average molecular weight is 606 g/mol. The molecule has 4 rings (SSSR count). The van der Waals surface area contributed by atoms with E-state index in [9.17, 15) is 22.4 Å². The Morgan fingerprint density at radius 3 is 2.00 bits per heavy atom. The maximum absolute atomic E-state index is 15.1. The van der Waals surface area contributed by atoms with Gasteiger partial charge >= 0.3 is 0 Å². The van der Waals surface area contributed by atoms with Crippen molar-refractivity contribution in [3.8, 4) is 0 Å². The highest BCUT2D eigenvalue weighted by atomic mass is 32.2. The van der Waals surface area contributed by atoms with Crippen molar-refractivity contribution >= 4 is 27.5 Å². The van der Waals surface area contributed by atoms with Crippen molar-refractivity contribution in [2.24, 2.45) is 0 Å². The van der Waals surface area contributed by atoms with Gasteiger partial charge in [0.15, 0.2) is 0 Å². The van der Waals surface area contributed by atoms with Crippen molar-refractivity contribution < 1.29 is 26.8 Å². The lowest BCUT2D eigenvalue weighted by atomic mass is 10.0. The van der Waals surface area contributed by atoms with Crippen molar-refractivity contribution in [3.05, 3.63) is 132 Å². The minimum absolute atomic E-state index is 0.0850. The molecule has 43 heavy (non-hydrogen) atoms. The third kappa shape index (κ3) is 7.84. The molecule has 0 aliphatic rings. The molecule has 7 nitrogen and oxygen atoms in total. The minimum atomic E-state index is -4.43. The van der Waals surface area contributed by atoms with Gasteiger partial charge in [-0.25, -0.2) is 17.2 Å². The average Bonchev–Trinajstić information content (AvgIpc) is 3.02. The molecule has 0 radical (unpaired) electrons. The van der Waals surface area contributed by atoms with Crippen LogP contribution in [-0.2, 0) is 32.6 Å². The molecule has 0 saturated heterocycles. The number of hydrogen-bond acceptors (Lipinski definition) is 4. The molecular formula is C33H33F2N3O4S. The van der Waals surface area contributed by atoms with Gasteiger partial charge in [-0.05, 0) is 42.3 Å². The molecule has 0 aliphatic heterocycles. The van der Waals surface area contributed by atoms with Gasteiger partial charge in [0.25, 0.3) is 10.0 Å². The van der Waals surface area contributed by atoms with Crippen molar-refractivity contribution in [2.45, 2.75) is 37.2 Å². The molecule has 2 amide bonds. The Morgan fingerprint density at radius 1 is 0.791 bits per heavy atom. The predicted molar refractivity (Wildman–Crippen MR) is 162 cm³/mol. The summed E-state index contributed by atoms with van der Waals surface area (Å²) >= 11 is 0. The number of carbonyl (C=O) groups is 2. The zero-order valence-corrected chi connectivity index (χ0v) is 24.5. The number of halogens is 2. The summed E-state index contributed by atoms with van der Waals surface area (Å²) in [5.74, 6) is -2.72. The number of amides is 2. The number of benzene rings is 4. The van der Waals surface area contributed by atoms with Crippen molar-refractivity contribution in [3.63, 3.8) is 0 Å². The molecule has 0 aliphatic carbocycles. The zero-order chi connectivity index (χ0) is 30.8. The van der Waals surface area contributed by atoms with Crippen LogP contribution in [-0.4, -0.2) is 44.3 Å². The van der Waals surface area contributed by atoms with Crippen molar-refractivity contribution in [1.29, 1.82) is 0 Å². The number of sulfonamides is 1. The number of rotatable bonds is 13. The van der Waals surface area contributed by atoms with Gasteiger partial charge < -0.3 is 10.2 Å². The van der Waals surface area contributed by atoms with Gasteiger partial charge in [0.05, 0.1) is 10.6 Å². The second-order valence-corrected chi connectivity index (χ2v) is 11.7. The monoisotopic (exact) mass is 605 g/mol. The molecular weight excluding hydrogens is 572 g/mol. The normalized spacial score (nSPS) is 11.9. The molecule has 0 heterocycles. The van der Waals surface area contributed by atoms with Crippen LogP contribution in [0.4, 0.5) is 14.5 Å². The molecule has 0 unspecified atom stereocenters. The van der Waals surface area contributed by atoms with Crippen LogP contribution in [0, 0.1) is 11.6 Å². The third-order valence-electron chi connectivity index (χ3n) is 6.85. The third-order valence-corrected chi connectivity index (χ3v) is 8.62. The summed E-state index contributed by atoms with van der Waals surface area (Å²) in [4.78, 5) is 28.8. The van der Waals surface area contributed by atoms with E-state index in [4.69, 9.17) is 0 Å². The topological polar surface area (TPSA) is 86.8 Å². The first-order valence-electron chi connectivity index (χ1n) is 13.9. The van der Waals surface area contributed by atoms with Gasteiger partial charge in [0.2, 0.25) is 11.8 Å². The van der Waals surface area contributed by atoms with Crippen molar-refractivity contribution in [2.75, 3.05) is 17.4 Å². The molecule has 224 valence electrons. The van der Waals surface area contributed by atoms with Crippen LogP contribution in [0.25, 0.3) is 0 Å². The first kappa shape index (κ1) is 31.4. The SMILES string of the molecule is CCCNC(=O)[C@@H](Cc1ccccc1)N(Cc1ccccc1F)C(=O)CN(c1ccccc1F)S(=O)(=O)c1ccccc1. The predicted octanol–water partition coefficient (Wildman–Crippen LogP) is 5.33. The van der Waals surface area contributed by atoms with E-state index in [0.29, 0.717) is 17.3 Å². The Hall–Kier alpha value is -4.57. The fourth-order valence-electron chi connectivity index (χ4n) is 4.62. The van der Waals surface area contributed by atoms with E-state index in [2.05, 4.69) is 5.32 Å². The summed E-state index contributed by atoms with van der Waals surface area (Å²) in [6.45, 7) is 1.07. The molecule has 0 aromatic heterocycles. The Labute approximate surface area is 250 Å².